The van der Waals surface area contributed by atoms with Gasteiger partial charge in [0, 0.05) is 0 Å². The minimum absolute atomic E-state index is 0.0300. The highest BCUT2D eigenvalue weighted by atomic mass is 16.3. The lowest BCUT2D eigenvalue weighted by Crippen LogP contribution is -2.55. The van der Waals surface area contributed by atoms with Crippen LogP contribution in [0.15, 0.2) is 0 Å². The average molecular weight is 306 g/mol. The second-order valence-corrected chi connectivity index (χ2v) is 10.3. The van der Waals surface area contributed by atoms with Crippen LogP contribution in [-0.4, -0.2) is 22.4 Å². The van der Waals surface area contributed by atoms with Gasteiger partial charge >= 0.3 is 0 Å². The fourth-order valence-corrected chi connectivity index (χ4v) is 8.13. The highest BCUT2D eigenvalue weighted by molar-refractivity contribution is 5.16. The molecule has 0 aromatic heterocycles. The van der Waals surface area contributed by atoms with E-state index in [9.17, 15) is 10.2 Å². The zero-order valence-electron chi connectivity index (χ0n) is 14.7. The molecule has 0 radical (unpaired) electrons. The SMILES string of the molecule is CC1(C)CCC[C@]2(C)[C@@H]1CCC13CC(CC[C@H]12)[C@@](O)(CO)C3. The predicted molar refractivity (Wildman–Crippen MR) is 88.4 cm³/mol. The fraction of sp³-hybridized carbons (Fsp3) is 1.00. The zero-order valence-corrected chi connectivity index (χ0v) is 14.7. The minimum Gasteiger partial charge on any atom is -0.393 e. The summed E-state index contributed by atoms with van der Waals surface area (Å²) in [6.07, 6.45) is 11.2. The van der Waals surface area contributed by atoms with Crippen molar-refractivity contribution in [1.29, 1.82) is 0 Å². The molecule has 0 saturated heterocycles. The van der Waals surface area contributed by atoms with Crippen LogP contribution < -0.4 is 0 Å². The van der Waals surface area contributed by atoms with Gasteiger partial charge in [0.1, 0.15) is 0 Å². The Balaban J connectivity index is 1.72. The summed E-state index contributed by atoms with van der Waals surface area (Å²) in [5.41, 5.74) is 0.504. The quantitative estimate of drug-likeness (QED) is 0.764. The molecule has 4 saturated carbocycles. The van der Waals surface area contributed by atoms with Crippen molar-refractivity contribution in [3.63, 3.8) is 0 Å². The molecule has 0 amide bonds. The number of hydrogen-bond donors (Lipinski definition) is 2. The molecule has 4 aliphatic carbocycles. The van der Waals surface area contributed by atoms with E-state index in [0.29, 0.717) is 22.2 Å². The minimum atomic E-state index is -0.776. The maximum atomic E-state index is 10.9. The first-order valence-corrected chi connectivity index (χ1v) is 9.59. The van der Waals surface area contributed by atoms with Crippen molar-refractivity contribution in [3.05, 3.63) is 0 Å². The monoisotopic (exact) mass is 306 g/mol. The van der Waals surface area contributed by atoms with Gasteiger partial charge < -0.3 is 10.2 Å². The van der Waals surface area contributed by atoms with Gasteiger partial charge in [0.15, 0.2) is 0 Å². The number of aliphatic hydroxyl groups is 2. The van der Waals surface area contributed by atoms with Gasteiger partial charge in [0.2, 0.25) is 0 Å². The fourth-order valence-electron chi connectivity index (χ4n) is 8.13. The normalized spacial score (nSPS) is 56.3. The van der Waals surface area contributed by atoms with E-state index in [1.807, 2.05) is 0 Å². The molecular formula is C20H34O2. The maximum absolute atomic E-state index is 10.9. The third kappa shape index (κ3) is 1.80. The molecule has 4 rings (SSSR count). The Labute approximate surface area is 135 Å². The second kappa shape index (κ2) is 4.51. The highest BCUT2D eigenvalue weighted by Gasteiger charge is 2.66. The van der Waals surface area contributed by atoms with Crippen molar-refractivity contribution in [1.82, 2.24) is 0 Å². The van der Waals surface area contributed by atoms with Gasteiger partial charge in [-0.1, -0.05) is 27.2 Å². The molecule has 0 aliphatic heterocycles. The smallest absolute Gasteiger partial charge is 0.0910 e. The van der Waals surface area contributed by atoms with Crippen LogP contribution in [0.25, 0.3) is 0 Å². The third-order valence-electron chi connectivity index (χ3n) is 8.89. The van der Waals surface area contributed by atoms with Crippen LogP contribution in [-0.2, 0) is 0 Å². The van der Waals surface area contributed by atoms with E-state index >= 15 is 0 Å². The molecule has 0 aromatic carbocycles. The van der Waals surface area contributed by atoms with Crippen molar-refractivity contribution >= 4 is 0 Å². The first kappa shape index (κ1) is 15.4. The number of hydrogen-bond acceptors (Lipinski definition) is 2. The number of fused-ring (bicyclic) bond motifs is 3. The van der Waals surface area contributed by atoms with Gasteiger partial charge in [0.05, 0.1) is 12.2 Å². The molecule has 2 bridgehead atoms. The van der Waals surface area contributed by atoms with E-state index in [0.717, 1.165) is 24.7 Å². The molecule has 2 unspecified atom stereocenters. The van der Waals surface area contributed by atoms with Gasteiger partial charge in [-0.2, -0.15) is 0 Å². The summed E-state index contributed by atoms with van der Waals surface area (Å²) in [5.74, 6) is 1.98. The first-order chi connectivity index (χ1) is 10.3. The van der Waals surface area contributed by atoms with E-state index in [1.165, 1.54) is 44.9 Å². The Morgan fingerprint density at radius 3 is 2.45 bits per heavy atom. The van der Waals surface area contributed by atoms with E-state index < -0.39 is 5.60 Å². The molecule has 2 nitrogen and oxygen atoms in total. The van der Waals surface area contributed by atoms with Crippen molar-refractivity contribution in [2.45, 2.75) is 84.2 Å². The van der Waals surface area contributed by atoms with Crippen LogP contribution in [0.2, 0.25) is 0 Å². The molecule has 22 heavy (non-hydrogen) atoms. The summed E-state index contributed by atoms with van der Waals surface area (Å²) in [6, 6.07) is 0. The lowest BCUT2D eigenvalue weighted by molar-refractivity contribution is -0.145. The van der Waals surface area contributed by atoms with Crippen molar-refractivity contribution in [2.75, 3.05) is 6.61 Å². The van der Waals surface area contributed by atoms with Crippen LogP contribution in [0.5, 0.6) is 0 Å². The lowest BCUT2D eigenvalue weighted by atomic mass is 9.41. The molecule has 1 spiro atoms. The summed E-state index contributed by atoms with van der Waals surface area (Å²) < 4.78 is 0. The molecular weight excluding hydrogens is 272 g/mol. The Bertz CT molecular complexity index is 472. The Kier molecular flexibility index (Phi) is 3.16. The van der Waals surface area contributed by atoms with Gasteiger partial charge in [-0.25, -0.2) is 0 Å². The molecule has 2 heteroatoms. The van der Waals surface area contributed by atoms with Crippen LogP contribution in [0.3, 0.4) is 0 Å². The molecule has 4 fully saturated rings. The van der Waals surface area contributed by atoms with Crippen molar-refractivity contribution < 1.29 is 10.2 Å². The maximum Gasteiger partial charge on any atom is 0.0910 e. The zero-order chi connectivity index (χ0) is 15.8. The first-order valence-electron chi connectivity index (χ1n) is 9.59. The second-order valence-electron chi connectivity index (χ2n) is 10.3. The molecule has 0 aromatic rings. The third-order valence-corrected chi connectivity index (χ3v) is 8.89. The molecule has 6 atom stereocenters. The molecule has 4 aliphatic rings. The van der Waals surface area contributed by atoms with Crippen LogP contribution >= 0.6 is 0 Å². The lowest BCUT2D eigenvalue weighted by Gasteiger charge is -2.64. The summed E-state index contributed by atoms with van der Waals surface area (Å²) in [6.45, 7) is 7.55. The highest BCUT2D eigenvalue weighted by Crippen LogP contribution is 2.72. The van der Waals surface area contributed by atoms with Gasteiger partial charge in [-0.05, 0) is 85.4 Å². The Morgan fingerprint density at radius 2 is 1.73 bits per heavy atom. The van der Waals surface area contributed by atoms with E-state index in [1.54, 1.807) is 0 Å². The Hall–Kier alpha value is -0.0800. The van der Waals surface area contributed by atoms with Gasteiger partial charge in [-0.3, -0.25) is 0 Å². The molecule has 126 valence electrons. The largest absolute Gasteiger partial charge is 0.393 e. The molecule has 0 heterocycles. The summed E-state index contributed by atoms with van der Waals surface area (Å²) in [7, 11) is 0. The summed E-state index contributed by atoms with van der Waals surface area (Å²) in [4.78, 5) is 0. The topological polar surface area (TPSA) is 40.5 Å². The van der Waals surface area contributed by atoms with Crippen LogP contribution in [0, 0.1) is 34.0 Å². The van der Waals surface area contributed by atoms with Gasteiger partial charge in [-0.15, -0.1) is 0 Å². The number of aliphatic hydroxyl groups excluding tert-OH is 1. The van der Waals surface area contributed by atoms with E-state index in [-0.39, 0.29) is 6.61 Å². The van der Waals surface area contributed by atoms with Crippen LogP contribution in [0.1, 0.15) is 78.6 Å². The van der Waals surface area contributed by atoms with Gasteiger partial charge in [0.25, 0.3) is 0 Å². The van der Waals surface area contributed by atoms with Crippen molar-refractivity contribution in [2.24, 2.45) is 34.0 Å². The molecule has 2 N–H and O–H groups in total. The van der Waals surface area contributed by atoms with E-state index in [2.05, 4.69) is 20.8 Å². The van der Waals surface area contributed by atoms with Crippen molar-refractivity contribution in [3.8, 4) is 0 Å². The number of rotatable bonds is 1. The summed E-state index contributed by atoms with van der Waals surface area (Å²) in [5, 5.41) is 20.7. The standard InChI is InChI=1S/C20H34O2/c1-17(2)8-4-9-18(3)15(17)7-10-19-11-14(5-6-16(18)19)20(22,12-19)13-21/h14-16,21-22H,4-13H2,1-3H3/t14?,15-,16+,18-,19?,20+/m1/s1. The van der Waals surface area contributed by atoms with Crippen LogP contribution in [0.4, 0.5) is 0 Å². The van der Waals surface area contributed by atoms with E-state index in [4.69, 9.17) is 0 Å². The average Bonchev–Trinajstić information content (AvgIpc) is 2.65. The predicted octanol–water partition coefficient (Wildman–Crippen LogP) is 4.14. The summed E-state index contributed by atoms with van der Waals surface area (Å²) >= 11 is 0. The Morgan fingerprint density at radius 1 is 0.955 bits per heavy atom.